The Morgan fingerprint density at radius 1 is 0.852 bits per heavy atom. The Morgan fingerprint density at radius 3 is 2.26 bits per heavy atom. The average Bonchev–Trinajstić information content (AvgIpc) is 2.97. The van der Waals surface area contributed by atoms with Crippen LogP contribution in [0.5, 0.6) is 0 Å². The molecule has 0 amide bonds. The summed E-state index contributed by atoms with van der Waals surface area (Å²) < 4.78 is 26.7. The van der Waals surface area contributed by atoms with Gasteiger partial charge in [0.1, 0.15) is 0 Å². The number of para-hydroxylation sites is 1. The van der Waals surface area contributed by atoms with Gasteiger partial charge in [-0.2, -0.15) is 0 Å². The van der Waals surface area contributed by atoms with Crippen LogP contribution >= 0.6 is 11.6 Å². The zero-order valence-electron chi connectivity index (χ0n) is 14.7. The molecule has 0 aliphatic rings. The van der Waals surface area contributed by atoms with Gasteiger partial charge in [-0.15, -0.1) is 0 Å². The highest BCUT2D eigenvalue weighted by Gasteiger charge is 2.23. The molecule has 4 rings (SSSR count). The Balaban J connectivity index is 1.84. The SMILES string of the molecule is Cc1[nH]c2ccccc2c1CS(=O)(=O)c1ccccc1-c1ccccc1Cl. The van der Waals surface area contributed by atoms with E-state index in [1.807, 2.05) is 55.5 Å². The van der Waals surface area contributed by atoms with Gasteiger partial charge in [-0.3, -0.25) is 0 Å². The lowest BCUT2D eigenvalue weighted by Gasteiger charge is -2.12. The summed E-state index contributed by atoms with van der Waals surface area (Å²) >= 11 is 6.33. The van der Waals surface area contributed by atoms with Crippen molar-refractivity contribution in [2.75, 3.05) is 0 Å². The van der Waals surface area contributed by atoms with Crippen LogP contribution in [-0.2, 0) is 15.6 Å². The second kappa shape index (κ2) is 6.87. The number of hydrogen-bond acceptors (Lipinski definition) is 2. The summed E-state index contributed by atoms with van der Waals surface area (Å²) in [6, 6.07) is 22.1. The molecule has 0 unspecified atom stereocenters. The zero-order valence-corrected chi connectivity index (χ0v) is 16.3. The van der Waals surface area contributed by atoms with Crippen LogP contribution in [0.15, 0.2) is 77.7 Å². The standard InChI is InChI=1S/C22H18ClNO2S/c1-15-19(17-9-3-6-12-21(17)24-15)14-27(25,26)22-13-7-4-10-18(22)16-8-2-5-11-20(16)23/h2-13,24H,14H2,1H3. The van der Waals surface area contributed by atoms with Gasteiger partial charge in [0.25, 0.3) is 0 Å². The van der Waals surface area contributed by atoms with E-state index in [0.29, 0.717) is 21.0 Å². The van der Waals surface area contributed by atoms with E-state index in [1.54, 1.807) is 24.3 Å². The van der Waals surface area contributed by atoms with Gasteiger partial charge in [-0.25, -0.2) is 8.42 Å². The van der Waals surface area contributed by atoms with E-state index < -0.39 is 9.84 Å². The smallest absolute Gasteiger partial charge is 0.183 e. The van der Waals surface area contributed by atoms with E-state index in [-0.39, 0.29) is 5.75 Å². The third kappa shape index (κ3) is 3.27. The van der Waals surface area contributed by atoms with Crippen molar-refractivity contribution >= 4 is 32.3 Å². The first-order valence-electron chi connectivity index (χ1n) is 8.60. The molecule has 1 aromatic heterocycles. The third-order valence-electron chi connectivity index (χ3n) is 4.75. The number of halogens is 1. The maximum absolute atomic E-state index is 13.3. The molecule has 5 heteroatoms. The molecular weight excluding hydrogens is 378 g/mol. The van der Waals surface area contributed by atoms with Crippen molar-refractivity contribution < 1.29 is 8.42 Å². The van der Waals surface area contributed by atoms with Gasteiger partial charge in [-0.05, 0) is 30.7 Å². The molecule has 1 N–H and O–H groups in total. The molecule has 0 spiro atoms. The van der Waals surface area contributed by atoms with E-state index in [1.165, 1.54) is 0 Å². The lowest BCUT2D eigenvalue weighted by Crippen LogP contribution is -2.07. The van der Waals surface area contributed by atoms with E-state index in [4.69, 9.17) is 11.6 Å². The quantitative estimate of drug-likeness (QED) is 0.476. The Morgan fingerprint density at radius 2 is 1.48 bits per heavy atom. The molecule has 0 saturated heterocycles. The topological polar surface area (TPSA) is 49.9 Å². The predicted molar refractivity (Wildman–Crippen MR) is 111 cm³/mol. The summed E-state index contributed by atoms with van der Waals surface area (Å²) in [6.45, 7) is 1.91. The van der Waals surface area contributed by atoms with Gasteiger partial charge in [0.2, 0.25) is 0 Å². The molecule has 0 radical (unpaired) electrons. The first kappa shape index (κ1) is 17.8. The molecule has 3 aromatic carbocycles. The van der Waals surface area contributed by atoms with Gasteiger partial charge in [-0.1, -0.05) is 66.2 Å². The Labute approximate surface area is 163 Å². The van der Waals surface area contributed by atoms with Crippen LogP contribution in [0.2, 0.25) is 5.02 Å². The maximum atomic E-state index is 13.3. The lowest BCUT2D eigenvalue weighted by atomic mass is 10.1. The number of rotatable bonds is 4. The minimum atomic E-state index is -3.57. The highest BCUT2D eigenvalue weighted by atomic mass is 35.5. The number of benzene rings is 3. The number of fused-ring (bicyclic) bond motifs is 1. The third-order valence-corrected chi connectivity index (χ3v) is 6.77. The summed E-state index contributed by atoms with van der Waals surface area (Å²) in [7, 11) is -3.57. The van der Waals surface area contributed by atoms with Crippen LogP contribution in [0.25, 0.3) is 22.0 Å². The van der Waals surface area contributed by atoms with Crippen molar-refractivity contribution in [2.45, 2.75) is 17.6 Å². The van der Waals surface area contributed by atoms with Crippen molar-refractivity contribution in [3.8, 4) is 11.1 Å². The fraction of sp³-hybridized carbons (Fsp3) is 0.0909. The molecule has 27 heavy (non-hydrogen) atoms. The van der Waals surface area contributed by atoms with Gasteiger partial charge in [0.05, 0.1) is 10.6 Å². The molecule has 0 saturated carbocycles. The highest BCUT2D eigenvalue weighted by molar-refractivity contribution is 7.90. The monoisotopic (exact) mass is 395 g/mol. The summed E-state index contributed by atoms with van der Waals surface area (Å²) in [5.41, 5.74) is 3.96. The van der Waals surface area contributed by atoms with E-state index >= 15 is 0 Å². The predicted octanol–water partition coefficient (Wildman–Crippen LogP) is 5.77. The van der Waals surface area contributed by atoms with E-state index in [0.717, 1.165) is 22.2 Å². The molecule has 0 bridgehead atoms. The molecule has 3 nitrogen and oxygen atoms in total. The number of sulfone groups is 1. The maximum Gasteiger partial charge on any atom is 0.183 e. The van der Waals surface area contributed by atoms with Gasteiger partial charge in [0.15, 0.2) is 9.84 Å². The minimum Gasteiger partial charge on any atom is -0.358 e. The number of hydrogen-bond donors (Lipinski definition) is 1. The van der Waals surface area contributed by atoms with Crippen molar-refractivity contribution in [2.24, 2.45) is 0 Å². The van der Waals surface area contributed by atoms with Gasteiger partial charge >= 0.3 is 0 Å². The molecule has 0 aliphatic heterocycles. The Kier molecular flexibility index (Phi) is 4.54. The summed E-state index contributed by atoms with van der Waals surface area (Å²) in [5.74, 6) is -0.0652. The van der Waals surface area contributed by atoms with Crippen LogP contribution in [-0.4, -0.2) is 13.4 Å². The van der Waals surface area contributed by atoms with Crippen LogP contribution in [0.4, 0.5) is 0 Å². The highest BCUT2D eigenvalue weighted by Crippen LogP contribution is 2.35. The summed E-state index contributed by atoms with van der Waals surface area (Å²) in [4.78, 5) is 3.57. The van der Waals surface area contributed by atoms with Crippen LogP contribution < -0.4 is 0 Å². The molecule has 136 valence electrons. The zero-order chi connectivity index (χ0) is 19.0. The lowest BCUT2D eigenvalue weighted by molar-refractivity contribution is 0.595. The van der Waals surface area contributed by atoms with Crippen molar-refractivity contribution in [3.63, 3.8) is 0 Å². The summed E-state index contributed by atoms with van der Waals surface area (Å²) in [5, 5.41) is 1.47. The second-order valence-corrected chi connectivity index (χ2v) is 8.87. The Bertz CT molecular complexity index is 1240. The fourth-order valence-electron chi connectivity index (χ4n) is 3.43. The van der Waals surface area contributed by atoms with Crippen molar-refractivity contribution in [3.05, 3.63) is 89.1 Å². The van der Waals surface area contributed by atoms with Gasteiger partial charge in [0, 0.05) is 32.7 Å². The average molecular weight is 396 g/mol. The van der Waals surface area contributed by atoms with Crippen molar-refractivity contribution in [1.29, 1.82) is 0 Å². The first-order chi connectivity index (χ1) is 13.0. The van der Waals surface area contributed by atoms with Crippen molar-refractivity contribution in [1.82, 2.24) is 4.98 Å². The molecule has 0 aliphatic carbocycles. The fourth-order valence-corrected chi connectivity index (χ4v) is 5.37. The minimum absolute atomic E-state index is 0.0652. The largest absolute Gasteiger partial charge is 0.358 e. The number of nitrogens with one attached hydrogen (secondary N) is 1. The molecule has 4 aromatic rings. The Hall–Kier alpha value is -2.56. The molecule has 0 fully saturated rings. The van der Waals surface area contributed by atoms with E-state index in [2.05, 4.69) is 4.98 Å². The van der Waals surface area contributed by atoms with Crippen LogP contribution in [0, 0.1) is 6.92 Å². The van der Waals surface area contributed by atoms with Crippen LogP contribution in [0.1, 0.15) is 11.3 Å². The molecule has 1 heterocycles. The second-order valence-electron chi connectivity index (χ2n) is 6.51. The number of aromatic amines is 1. The normalized spacial score (nSPS) is 11.8. The first-order valence-corrected chi connectivity index (χ1v) is 10.6. The number of aryl methyl sites for hydroxylation is 1. The number of H-pyrrole nitrogens is 1. The van der Waals surface area contributed by atoms with E-state index in [9.17, 15) is 8.42 Å². The molecular formula is C22H18ClNO2S. The molecule has 0 atom stereocenters. The number of aromatic nitrogens is 1. The van der Waals surface area contributed by atoms with Gasteiger partial charge < -0.3 is 4.98 Å². The summed E-state index contributed by atoms with van der Waals surface area (Å²) in [6.07, 6.45) is 0. The van der Waals surface area contributed by atoms with Crippen LogP contribution in [0.3, 0.4) is 0 Å².